The molecule has 0 bridgehead atoms. The summed E-state index contributed by atoms with van der Waals surface area (Å²) in [5, 5.41) is -0.194. The zero-order valence-corrected chi connectivity index (χ0v) is 13.2. The Bertz CT molecular complexity index is 783. The lowest BCUT2D eigenvalue weighted by Gasteiger charge is -2.24. The van der Waals surface area contributed by atoms with E-state index in [2.05, 4.69) is 4.98 Å². The summed E-state index contributed by atoms with van der Waals surface area (Å²) in [6.45, 7) is 0.362. The normalized spacial score (nSPS) is 19.5. The number of sulfonamides is 1. The molecular weight excluding hydrogens is 327 g/mol. The molecule has 7 heteroatoms. The van der Waals surface area contributed by atoms with Crippen LogP contribution < -0.4 is 0 Å². The summed E-state index contributed by atoms with van der Waals surface area (Å²) in [6.07, 6.45) is 4.68. The first-order valence-corrected chi connectivity index (χ1v) is 8.69. The Labute approximate surface area is 133 Å². The van der Waals surface area contributed by atoms with E-state index in [1.54, 1.807) is 24.5 Å². The van der Waals surface area contributed by atoms with Crippen LogP contribution in [-0.4, -0.2) is 24.3 Å². The zero-order valence-electron chi connectivity index (χ0n) is 11.6. The molecule has 116 valence electrons. The fraction of sp³-hybridized carbons (Fsp3) is 0.267. The summed E-state index contributed by atoms with van der Waals surface area (Å²) in [5.74, 6) is -0.899. The molecule has 22 heavy (non-hydrogen) atoms. The van der Waals surface area contributed by atoms with E-state index in [1.807, 2.05) is 0 Å². The summed E-state index contributed by atoms with van der Waals surface area (Å²) in [7, 11) is -3.94. The Hall–Kier alpha value is -1.50. The van der Waals surface area contributed by atoms with Gasteiger partial charge in [0.15, 0.2) is 5.82 Å². The molecule has 0 radical (unpaired) electrons. The van der Waals surface area contributed by atoms with Gasteiger partial charge >= 0.3 is 0 Å². The van der Waals surface area contributed by atoms with Crippen molar-refractivity contribution < 1.29 is 12.8 Å². The van der Waals surface area contributed by atoms with E-state index >= 15 is 0 Å². The highest BCUT2D eigenvalue weighted by Gasteiger charge is 2.37. The minimum Gasteiger partial charge on any atom is -0.265 e. The van der Waals surface area contributed by atoms with Crippen molar-refractivity contribution in [1.82, 2.24) is 9.29 Å². The quantitative estimate of drug-likeness (QED) is 0.860. The lowest BCUT2D eigenvalue weighted by molar-refractivity contribution is 0.393. The highest BCUT2D eigenvalue weighted by atomic mass is 35.5. The van der Waals surface area contributed by atoms with Crippen molar-refractivity contribution in [2.75, 3.05) is 6.54 Å². The Balaban J connectivity index is 2.03. The van der Waals surface area contributed by atoms with Crippen LogP contribution in [-0.2, 0) is 10.0 Å². The summed E-state index contributed by atoms with van der Waals surface area (Å²) in [6, 6.07) is 7.29. The van der Waals surface area contributed by atoms with Crippen LogP contribution in [0.4, 0.5) is 4.39 Å². The van der Waals surface area contributed by atoms with E-state index in [0.29, 0.717) is 13.0 Å². The van der Waals surface area contributed by atoms with Crippen LogP contribution in [0, 0.1) is 5.82 Å². The number of hydrogen-bond donors (Lipinski definition) is 0. The molecule has 1 aliphatic rings. The van der Waals surface area contributed by atoms with Gasteiger partial charge in [0.05, 0.1) is 11.1 Å². The molecule has 1 aromatic carbocycles. The largest absolute Gasteiger partial charge is 0.265 e. The lowest BCUT2D eigenvalue weighted by Crippen LogP contribution is -2.31. The van der Waals surface area contributed by atoms with E-state index < -0.39 is 15.8 Å². The monoisotopic (exact) mass is 340 g/mol. The van der Waals surface area contributed by atoms with Crippen molar-refractivity contribution in [1.29, 1.82) is 0 Å². The van der Waals surface area contributed by atoms with Gasteiger partial charge in [-0.1, -0.05) is 17.7 Å². The number of nitrogens with zero attached hydrogens (tertiary/aromatic N) is 2. The Morgan fingerprint density at radius 2 is 1.95 bits per heavy atom. The molecule has 2 aromatic rings. The predicted octanol–water partition coefficient (Wildman–Crippen LogP) is 3.40. The van der Waals surface area contributed by atoms with Gasteiger partial charge in [0.25, 0.3) is 0 Å². The van der Waals surface area contributed by atoms with Crippen LogP contribution in [0.2, 0.25) is 5.02 Å². The molecule has 0 amide bonds. The smallest absolute Gasteiger partial charge is 0.246 e. The molecule has 1 unspecified atom stereocenters. The first kappa shape index (κ1) is 15.4. The van der Waals surface area contributed by atoms with Gasteiger partial charge in [-0.05, 0) is 42.7 Å². The molecule has 1 atom stereocenters. The average Bonchev–Trinajstić information content (AvgIpc) is 3.01. The van der Waals surface area contributed by atoms with Crippen LogP contribution in [0.3, 0.4) is 0 Å². The molecule has 0 N–H and O–H groups in total. The summed E-state index contributed by atoms with van der Waals surface area (Å²) >= 11 is 5.71. The second-order valence-electron chi connectivity index (χ2n) is 5.11. The Morgan fingerprint density at radius 3 is 2.68 bits per heavy atom. The van der Waals surface area contributed by atoms with E-state index in [0.717, 1.165) is 12.0 Å². The molecule has 2 heterocycles. The topological polar surface area (TPSA) is 50.3 Å². The van der Waals surface area contributed by atoms with Gasteiger partial charge < -0.3 is 0 Å². The number of pyridine rings is 1. The van der Waals surface area contributed by atoms with Crippen molar-refractivity contribution in [2.24, 2.45) is 0 Å². The molecule has 1 saturated heterocycles. The minimum absolute atomic E-state index is 0.194. The van der Waals surface area contributed by atoms with Gasteiger partial charge in [0.2, 0.25) is 10.0 Å². The lowest BCUT2D eigenvalue weighted by atomic mass is 10.1. The molecular formula is C15H14ClFN2O2S. The van der Waals surface area contributed by atoms with Crippen molar-refractivity contribution in [3.05, 3.63) is 59.1 Å². The first-order chi connectivity index (χ1) is 10.5. The third-order valence-corrected chi connectivity index (χ3v) is 6.01. The molecule has 1 fully saturated rings. The standard InChI is InChI=1S/C15H14ClFN2O2S/c16-12-3-1-5-14(15(12)17)22(20,21)19-10-2-4-13(19)11-6-8-18-9-7-11/h1,3,5-9,13H,2,4,10H2. The third kappa shape index (κ3) is 2.62. The number of benzene rings is 1. The molecule has 0 saturated carbocycles. The predicted molar refractivity (Wildman–Crippen MR) is 81.5 cm³/mol. The van der Waals surface area contributed by atoms with Gasteiger partial charge in [0.1, 0.15) is 4.90 Å². The van der Waals surface area contributed by atoms with Crippen LogP contribution in [0.5, 0.6) is 0 Å². The maximum absolute atomic E-state index is 14.1. The summed E-state index contributed by atoms with van der Waals surface area (Å²) in [4.78, 5) is 3.57. The maximum Gasteiger partial charge on any atom is 0.246 e. The van der Waals surface area contributed by atoms with E-state index in [1.165, 1.54) is 22.5 Å². The second kappa shape index (κ2) is 5.95. The van der Waals surface area contributed by atoms with E-state index in [-0.39, 0.29) is 16.0 Å². The van der Waals surface area contributed by atoms with E-state index in [9.17, 15) is 12.8 Å². The average molecular weight is 341 g/mol. The zero-order chi connectivity index (χ0) is 15.7. The maximum atomic E-state index is 14.1. The van der Waals surface area contributed by atoms with Gasteiger partial charge in [-0.3, -0.25) is 4.98 Å². The SMILES string of the molecule is O=S(=O)(c1cccc(Cl)c1F)N1CCCC1c1ccncc1. The van der Waals surface area contributed by atoms with Crippen molar-refractivity contribution in [2.45, 2.75) is 23.8 Å². The molecule has 1 aliphatic heterocycles. The second-order valence-corrected chi connectivity index (χ2v) is 7.37. The number of rotatable bonds is 3. The first-order valence-electron chi connectivity index (χ1n) is 6.87. The Kier molecular flexibility index (Phi) is 4.16. The van der Waals surface area contributed by atoms with Crippen molar-refractivity contribution in [3.8, 4) is 0 Å². The van der Waals surface area contributed by atoms with Crippen LogP contribution in [0.25, 0.3) is 0 Å². The fourth-order valence-corrected chi connectivity index (χ4v) is 4.76. The van der Waals surface area contributed by atoms with Crippen LogP contribution >= 0.6 is 11.6 Å². The summed E-state index contributed by atoms with van der Waals surface area (Å²) < 4.78 is 41.1. The molecule has 4 nitrogen and oxygen atoms in total. The van der Waals surface area contributed by atoms with Gasteiger partial charge in [0, 0.05) is 18.9 Å². The van der Waals surface area contributed by atoms with Crippen molar-refractivity contribution >= 4 is 21.6 Å². The molecule has 3 rings (SSSR count). The Morgan fingerprint density at radius 1 is 1.23 bits per heavy atom. The van der Waals surface area contributed by atoms with Crippen LogP contribution in [0.1, 0.15) is 24.4 Å². The number of hydrogen-bond acceptors (Lipinski definition) is 3. The number of halogens is 2. The number of aromatic nitrogens is 1. The van der Waals surface area contributed by atoms with Gasteiger partial charge in [-0.2, -0.15) is 4.31 Å². The van der Waals surface area contributed by atoms with Gasteiger partial charge in [-0.25, -0.2) is 12.8 Å². The van der Waals surface area contributed by atoms with Gasteiger partial charge in [-0.15, -0.1) is 0 Å². The van der Waals surface area contributed by atoms with Crippen molar-refractivity contribution in [3.63, 3.8) is 0 Å². The third-order valence-electron chi connectivity index (χ3n) is 3.80. The van der Waals surface area contributed by atoms with E-state index in [4.69, 9.17) is 11.6 Å². The minimum atomic E-state index is -3.94. The molecule has 0 aliphatic carbocycles. The highest BCUT2D eigenvalue weighted by Crippen LogP contribution is 2.37. The fourth-order valence-electron chi connectivity index (χ4n) is 2.76. The molecule has 1 aromatic heterocycles. The highest BCUT2D eigenvalue weighted by molar-refractivity contribution is 7.89. The molecule has 0 spiro atoms. The van der Waals surface area contributed by atoms with Crippen LogP contribution in [0.15, 0.2) is 47.6 Å². The summed E-state index contributed by atoms with van der Waals surface area (Å²) in [5.41, 5.74) is 0.860.